The minimum absolute atomic E-state index is 0.154. The summed E-state index contributed by atoms with van der Waals surface area (Å²) >= 11 is 0. The number of hydrogen-bond donors (Lipinski definition) is 3. The van der Waals surface area contributed by atoms with Gasteiger partial charge in [-0.3, -0.25) is 0 Å². The zero-order valence-electron chi connectivity index (χ0n) is 10.3. The second kappa shape index (κ2) is 5.28. The van der Waals surface area contributed by atoms with Gasteiger partial charge in [0, 0.05) is 0 Å². The molecule has 1 aliphatic heterocycles. The molecule has 0 spiro atoms. The van der Waals surface area contributed by atoms with Gasteiger partial charge in [-0.2, -0.15) is 13.2 Å². The molecule has 0 aromatic heterocycles. The van der Waals surface area contributed by atoms with Gasteiger partial charge in [0.05, 0.1) is 0 Å². The van der Waals surface area contributed by atoms with Crippen LogP contribution in [0.3, 0.4) is 0 Å². The number of aromatic hydroxyl groups is 2. The summed E-state index contributed by atoms with van der Waals surface area (Å²) in [6.45, 7) is 1.63. The van der Waals surface area contributed by atoms with Crippen molar-refractivity contribution in [3.05, 3.63) is 23.3 Å². The third-order valence-corrected chi connectivity index (χ3v) is 3.39. The van der Waals surface area contributed by atoms with Crippen molar-refractivity contribution in [3.63, 3.8) is 0 Å². The zero-order valence-corrected chi connectivity index (χ0v) is 10.3. The molecule has 0 saturated carbocycles. The topological polar surface area (TPSA) is 52.5 Å². The zero-order chi connectivity index (χ0) is 14.0. The van der Waals surface area contributed by atoms with E-state index in [2.05, 4.69) is 5.32 Å². The van der Waals surface area contributed by atoms with E-state index in [0.717, 1.165) is 25.9 Å². The van der Waals surface area contributed by atoms with Gasteiger partial charge >= 0.3 is 6.18 Å². The van der Waals surface area contributed by atoms with Gasteiger partial charge in [0.15, 0.2) is 0 Å². The van der Waals surface area contributed by atoms with Gasteiger partial charge in [-0.25, -0.2) is 0 Å². The van der Waals surface area contributed by atoms with Crippen LogP contribution in [0, 0.1) is 5.92 Å². The molecule has 2 rings (SSSR count). The van der Waals surface area contributed by atoms with Crippen LogP contribution in [0.5, 0.6) is 11.5 Å². The molecule has 1 saturated heterocycles. The van der Waals surface area contributed by atoms with Gasteiger partial charge in [0.2, 0.25) is 0 Å². The number of alkyl halides is 3. The fourth-order valence-corrected chi connectivity index (χ4v) is 2.46. The van der Waals surface area contributed by atoms with Crippen LogP contribution in [-0.2, 0) is 12.6 Å². The number of benzene rings is 1. The molecule has 3 N–H and O–H groups in total. The fraction of sp³-hybridized carbons (Fsp3) is 0.538. The third kappa shape index (κ3) is 3.32. The van der Waals surface area contributed by atoms with Crippen molar-refractivity contribution in [1.29, 1.82) is 0 Å². The monoisotopic (exact) mass is 275 g/mol. The molecule has 1 aliphatic rings. The smallest absolute Gasteiger partial charge is 0.420 e. The van der Waals surface area contributed by atoms with E-state index in [1.54, 1.807) is 0 Å². The average Bonchev–Trinajstić information content (AvgIpc) is 2.33. The van der Waals surface area contributed by atoms with Crippen LogP contribution in [0.25, 0.3) is 0 Å². The molecule has 1 aromatic rings. The standard InChI is InChI=1S/C13H16F3NO2/c14-13(15,16)11-6-10(18)5-9(12(11)19)4-8-2-1-3-17-7-8/h5-6,8,17-19H,1-4,7H2. The number of nitrogens with one attached hydrogen (secondary N) is 1. The van der Waals surface area contributed by atoms with Crippen LogP contribution in [0.1, 0.15) is 24.0 Å². The Labute approximate surface area is 109 Å². The first-order chi connectivity index (χ1) is 8.88. The van der Waals surface area contributed by atoms with E-state index < -0.39 is 23.2 Å². The van der Waals surface area contributed by atoms with Gasteiger partial charge in [-0.05, 0) is 56.0 Å². The van der Waals surface area contributed by atoms with Gasteiger partial charge in [-0.1, -0.05) is 0 Å². The Bertz CT molecular complexity index is 454. The Balaban J connectivity index is 2.27. The molecular formula is C13H16F3NO2. The average molecular weight is 275 g/mol. The summed E-state index contributed by atoms with van der Waals surface area (Å²) in [5.74, 6) is -1.05. The van der Waals surface area contributed by atoms with E-state index in [1.165, 1.54) is 6.07 Å². The maximum Gasteiger partial charge on any atom is 0.420 e. The van der Waals surface area contributed by atoms with E-state index in [1.807, 2.05) is 0 Å². The van der Waals surface area contributed by atoms with Crippen molar-refractivity contribution in [2.75, 3.05) is 13.1 Å². The second-order valence-electron chi connectivity index (χ2n) is 4.92. The van der Waals surface area contributed by atoms with E-state index in [4.69, 9.17) is 0 Å². The lowest BCUT2D eigenvalue weighted by Gasteiger charge is -2.23. The van der Waals surface area contributed by atoms with E-state index >= 15 is 0 Å². The van der Waals surface area contributed by atoms with Gasteiger partial charge < -0.3 is 15.5 Å². The first kappa shape index (κ1) is 14.0. The summed E-state index contributed by atoms with van der Waals surface area (Å²) in [5, 5.41) is 22.3. The molecule has 1 unspecified atom stereocenters. The quantitative estimate of drug-likeness (QED) is 0.727. The van der Waals surface area contributed by atoms with Gasteiger partial charge in [0.1, 0.15) is 17.1 Å². The highest BCUT2D eigenvalue weighted by atomic mass is 19.4. The van der Waals surface area contributed by atoms with Gasteiger partial charge in [-0.15, -0.1) is 0 Å². The molecule has 1 fully saturated rings. The third-order valence-electron chi connectivity index (χ3n) is 3.39. The van der Waals surface area contributed by atoms with Crippen LogP contribution in [0.2, 0.25) is 0 Å². The molecule has 1 aromatic carbocycles. The van der Waals surface area contributed by atoms with Crippen molar-refractivity contribution in [2.24, 2.45) is 5.92 Å². The number of piperidine rings is 1. The molecule has 6 heteroatoms. The molecule has 0 amide bonds. The second-order valence-corrected chi connectivity index (χ2v) is 4.92. The molecule has 1 heterocycles. The summed E-state index contributed by atoms with van der Waals surface area (Å²) in [6.07, 6.45) is -2.46. The summed E-state index contributed by atoms with van der Waals surface area (Å²) in [7, 11) is 0. The highest BCUT2D eigenvalue weighted by Crippen LogP contribution is 2.40. The first-order valence-corrected chi connectivity index (χ1v) is 6.20. The number of phenolic OH excluding ortho intramolecular Hbond substituents is 2. The van der Waals surface area contributed by atoms with Crippen molar-refractivity contribution in [3.8, 4) is 11.5 Å². The van der Waals surface area contributed by atoms with Crippen molar-refractivity contribution in [2.45, 2.75) is 25.4 Å². The Morgan fingerprint density at radius 1 is 1.26 bits per heavy atom. The minimum Gasteiger partial charge on any atom is -0.508 e. The number of phenols is 2. The minimum atomic E-state index is -4.66. The molecule has 19 heavy (non-hydrogen) atoms. The Morgan fingerprint density at radius 2 is 2.00 bits per heavy atom. The van der Waals surface area contributed by atoms with E-state index in [9.17, 15) is 23.4 Å². The molecule has 106 valence electrons. The fourth-order valence-electron chi connectivity index (χ4n) is 2.46. The summed E-state index contributed by atoms with van der Waals surface area (Å²) in [5.41, 5.74) is -1.02. The summed E-state index contributed by atoms with van der Waals surface area (Å²) < 4.78 is 38.1. The maximum atomic E-state index is 12.7. The Kier molecular flexibility index (Phi) is 3.89. The lowest BCUT2D eigenvalue weighted by atomic mass is 9.91. The van der Waals surface area contributed by atoms with Crippen LogP contribution in [-0.4, -0.2) is 23.3 Å². The molecule has 0 bridgehead atoms. The first-order valence-electron chi connectivity index (χ1n) is 6.20. The predicted octanol–water partition coefficient (Wildman–Crippen LogP) is 2.66. The highest BCUT2D eigenvalue weighted by molar-refractivity contribution is 5.47. The Hall–Kier alpha value is -1.43. The van der Waals surface area contributed by atoms with Crippen molar-refractivity contribution in [1.82, 2.24) is 5.32 Å². The highest BCUT2D eigenvalue weighted by Gasteiger charge is 2.35. The Morgan fingerprint density at radius 3 is 2.58 bits per heavy atom. The van der Waals surface area contributed by atoms with E-state index in [-0.39, 0.29) is 11.5 Å². The van der Waals surface area contributed by atoms with Crippen molar-refractivity contribution >= 4 is 0 Å². The normalized spacial score (nSPS) is 20.5. The van der Waals surface area contributed by atoms with Crippen LogP contribution < -0.4 is 5.32 Å². The lowest BCUT2D eigenvalue weighted by Crippen LogP contribution is -2.30. The van der Waals surface area contributed by atoms with Crippen LogP contribution >= 0.6 is 0 Å². The molecular weight excluding hydrogens is 259 g/mol. The summed E-state index contributed by atoms with van der Waals surface area (Å²) in [6, 6.07) is 1.76. The summed E-state index contributed by atoms with van der Waals surface area (Å²) in [4.78, 5) is 0. The number of hydrogen-bond acceptors (Lipinski definition) is 3. The lowest BCUT2D eigenvalue weighted by molar-refractivity contribution is -0.138. The molecule has 0 radical (unpaired) electrons. The molecule has 3 nitrogen and oxygen atoms in total. The van der Waals surface area contributed by atoms with Crippen molar-refractivity contribution < 1.29 is 23.4 Å². The largest absolute Gasteiger partial charge is 0.508 e. The van der Waals surface area contributed by atoms with Gasteiger partial charge in [0.25, 0.3) is 0 Å². The molecule has 0 aliphatic carbocycles. The molecule has 1 atom stereocenters. The van der Waals surface area contributed by atoms with E-state index in [0.29, 0.717) is 12.5 Å². The number of halogens is 3. The maximum absolute atomic E-state index is 12.7. The van der Waals surface area contributed by atoms with Crippen LogP contribution in [0.4, 0.5) is 13.2 Å². The SMILES string of the molecule is Oc1cc(CC2CCCNC2)c(O)c(C(F)(F)F)c1. The van der Waals surface area contributed by atoms with Crippen LogP contribution in [0.15, 0.2) is 12.1 Å². The predicted molar refractivity (Wildman–Crippen MR) is 64.1 cm³/mol. The number of rotatable bonds is 2.